The van der Waals surface area contributed by atoms with E-state index in [1.165, 1.54) is 11.1 Å². The van der Waals surface area contributed by atoms with E-state index in [2.05, 4.69) is 50.1 Å². The highest BCUT2D eigenvalue weighted by molar-refractivity contribution is 5.89. The van der Waals surface area contributed by atoms with E-state index in [-0.39, 0.29) is 18.1 Å². The van der Waals surface area contributed by atoms with Crippen LogP contribution in [0.15, 0.2) is 29.4 Å². The summed E-state index contributed by atoms with van der Waals surface area (Å²) < 4.78 is 0. The normalized spacial score (nSPS) is 22.2. The molecule has 1 aliphatic heterocycles. The summed E-state index contributed by atoms with van der Waals surface area (Å²) in [6.07, 6.45) is 0. The number of nitrogens with zero attached hydrogens (tertiary/aromatic N) is 2. The number of aliphatic hydroxyl groups is 1. The van der Waals surface area contributed by atoms with Crippen LogP contribution in [0.5, 0.6) is 0 Å². The molecule has 1 aromatic rings. The third kappa shape index (κ3) is 2.27. The van der Waals surface area contributed by atoms with Gasteiger partial charge in [-0.25, -0.2) is 0 Å². The third-order valence-electron chi connectivity index (χ3n) is 4.04. The first-order valence-electron chi connectivity index (χ1n) is 6.44. The van der Waals surface area contributed by atoms with Crippen molar-refractivity contribution in [3.05, 3.63) is 35.4 Å². The van der Waals surface area contributed by atoms with Crippen LogP contribution in [0.25, 0.3) is 0 Å². The predicted molar refractivity (Wildman–Crippen MR) is 74.5 cm³/mol. The number of aliphatic hydroxyl groups excluding tert-OH is 1. The molecule has 0 bridgehead atoms. The van der Waals surface area contributed by atoms with E-state index in [0.29, 0.717) is 0 Å². The first kappa shape index (κ1) is 13.1. The first-order chi connectivity index (χ1) is 8.45. The van der Waals surface area contributed by atoms with Crippen molar-refractivity contribution in [2.75, 3.05) is 6.61 Å². The zero-order chi connectivity index (χ0) is 13.3. The Morgan fingerprint density at radius 3 is 2.39 bits per heavy atom. The van der Waals surface area contributed by atoms with Crippen molar-refractivity contribution in [3.8, 4) is 0 Å². The van der Waals surface area contributed by atoms with E-state index in [1.54, 1.807) is 0 Å². The van der Waals surface area contributed by atoms with Gasteiger partial charge >= 0.3 is 0 Å². The highest BCUT2D eigenvalue weighted by Gasteiger charge is 2.41. The van der Waals surface area contributed by atoms with Gasteiger partial charge < -0.3 is 5.11 Å². The van der Waals surface area contributed by atoms with Gasteiger partial charge in [0.15, 0.2) is 0 Å². The second-order valence-electron chi connectivity index (χ2n) is 5.69. The second-order valence-corrected chi connectivity index (χ2v) is 5.69. The lowest BCUT2D eigenvalue weighted by molar-refractivity contribution is 0.0893. The second kappa shape index (κ2) is 4.73. The number of hydrogen-bond acceptors (Lipinski definition) is 3. The maximum Gasteiger partial charge on any atom is 0.0808 e. The van der Waals surface area contributed by atoms with Crippen molar-refractivity contribution >= 4 is 5.71 Å². The summed E-state index contributed by atoms with van der Waals surface area (Å²) in [5.41, 5.74) is 3.53. The summed E-state index contributed by atoms with van der Waals surface area (Å²) in [5.74, 6) is 0. The third-order valence-corrected chi connectivity index (χ3v) is 4.04. The smallest absolute Gasteiger partial charge is 0.0808 e. The lowest BCUT2D eigenvalue weighted by Gasteiger charge is -2.31. The minimum atomic E-state index is -0.0561. The van der Waals surface area contributed by atoms with E-state index in [0.717, 1.165) is 12.3 Å². The Morgan fingerprint density at radius 2 is 1.83 bits per heavy atom. The molecule has 0 saturated carbocycles. The maximum atomic E-state index is 9.60. The average Bonchev–Trinajstić information content (AvgIpc) is 2.52. The summed E-state index contributed by atoms with van der Waals surface area (Å²) in [4.78, 5) is 0. The summed E-state index contributed by atoms with van der Waals surface area (Å²) >= 11 is 0. The van der Waals surface area contributed by atoms with Crippen LogP contribution >= 0.6 is 0 Å². The van der Waals surface area contributed by atoms with Crippen LogP contribution < -0.4 is 0 Å². The first-order valence-corrected chi connectivity index (χ1v) is 6.44. The average molecular weight is 246 g/mol. The standard InChI is InChI=1S/C15H22N2O/c1-11-5-7-13(8-6-11)9-17-14(10-18)15(3,4)12(2)16-17/h5-8,14,18H,9-10H2,1-4H3. The van der Waals surface area contributed by atoms with Gasteiger partial charge in [-0.15, -0.1) is 0 Å². The largest absolute Gasteiger partial charge is 0.394 e. The van der Waals surface area contributed by atoms with Crippen molar-refractivity contribution in [1.29, 1.82) is 0 Å². The van der Waals surface area contributed by atoms with Gasteiger partial charge in [0, 0.05) is 11.1 Å². The van der Waals surface area contributed by atoms with Crippen molar-refractivity contribution in [2.24, 2.45) is 10.5 Å². The summed E-state index contributed by atoms with van der Waals surface area (Å²) in [5, 5.41) is 16.2. The molecule has 2 rings (SSSR count). The number of hydrogen-bond donors (Lipinski definition) is 1. The Kier molecular flexibility index (Phi) is 3.44. The lowest BCUT2D eigenvalue weighted by atomic mass is 9.81. The van der Waals surface area contributed by atoms with E-state index in [1.807, 2.05) is 11.9 Å². The molecule has 3 heteroatoms. The highest BCUT2D eigenvalue weighted by Crippen LogP contribution is 2.34. The Morgan fingerprint density at radius 1 is 1.22 bits per heavy atom. The number of aryl methyl sites for hydroxylation is 1. The molecule has 0 aliphatic carbocycles. The lowest BCUT2D eigenvalue weighted by Crippen LogP contribution is -2.41. The molecule has 0 spiro atoms. The topological polar surface area (TPSA) is 35.8 Å². The van der Waals surface area contributed by atoms with Gasteiger partial charge in [0.2, 0.25) is 0 Å². The van der Waals surface area contributed by atoms with Gasteiger partial charge in [0.05, 0.1) is 19.2 Å². The van der Waals surface area contributed by atoms with E-state index in [4.69, 9.17) is 0 Å². The molecule has 0 amide bonds. The van der Waals surface area contributed by atoms with Crippen LogP contribution in [-0.4, -0.2) is 28.5 Å². The van der Waals surface area contributed by atoms with Crippen LogP contribution in [-0.2, 0) is 6.54 Å². The SMILES string of the molecule is CC1=NN(Cc2ccc(C)cc2)C(CO)C1(C)C. The molecule has 18 heavy (non-hydrogen) atoms. The molecule has 0 saturated heterocycles. The monoisotopic (exact) mass is 246 g/mol. The fourth-order valence-electron chi connectivity index (χ4n) is 2.35. The van der Waals surface area contributed by atoms with Crippen molar-refractivity contribution < 1.29 is 5.11 Å². The molecule has 0 aromatic heterocycles. The molecule has 0 fully saturated rings. The summed E-state index contributed by atoms with van der Waals surface area (Å²) in [6, 6.07) is 8.54. The number of benzene rings is 1. The molecule has 1 heterocycles. The van der Waals surface area contributed by atoms with Crippen LogP contribution in [0, 0.1) is 12.3 Å². The summed E-state index contributed by atoms with van der Waals surface area (Å²) in [6.45, 7) is 9.30. The van der Waals surface area contributed by atoms with Crippen molar-refractivity contribution in [2.45, 2.75) is 40.3 Å². The highest BCUT2D eigenvalue weighted by atomic mass is 16.3. The molecular formula is C15H22N2O. The quantitative estimate of drug-likeness (QED) is 0.889. The van der Waals surface area contributed by atoms with Gasteiger partial charge in [0.25, 0.3) is 0 Å². The zero-order valence-electron chi connectivity index (χ0n) is 11.6. The minimum absolute atomic E-state index is 0.0561. The fourth-order valence-corrected chi connectivity index (χ4v) is 2.35. The zero-order valence-corrected chi connectivity index (χ0v) is 11.6. The molecule has 1 aliphatic rings. The Bertz CT molecular complexity index is 448. The van der Waals surface area contributed by atoms with Gasteiger partial charge in [-0.3, -0.25) is 5.01 Å². The Balaban J connectivity index is 2.17. The van der Waals surface area contributed by atoms with Crippen molar-refractivity contribution in [1.82, 2.24) is 5.01 Å². The van der Waals surface area contributed by atoms with Gasteiger partial charge in [0.1, 0.15) is 0 Å². The van der Waals surface area contributed by atoms with E-state index >= 15 is 0 Å². The van der Waals surface area contributed by atoms with Gasteiger partial charge in [-0.2, -0.15) is 5.10 Å². The number of hydrazone groups is 1. The fraction of sp³-hybridized carbons (Fsp3) is 0.533. The maximum absolute atomic E-state index is 9.60. The molecule has 1 unspecified atom stereocenters. The van der Waals surface area contributed by atoms with Crippen LogP contribution in [0.2, 0.25) is 0 Å². The molecular weight excluding hydrogens is 224 g/mol. The molecule has 98 valence electrons. The van der Waals surface area contributed by atoms with Gasteiger partial charge in [-0.05, 0) is 19.4 Å². The Hall–Kier alpha value is -1.35. The molecule has 1 aromatic carbocycles. The van der Waals surface area contributed by atoms with E-state index in [9.17, 15) is 5.11 Å². The predicted octanol–water partition coefficient (Wildman–Crippen LogP) is 2.57. The minimum Gasteiger partial charge on any atom is -0.394 e. The van der Waals surface area contributed by atoms with Crippen molar-refractivity contribution in [3.63, 3.8) is 0 Å². The molecule has 3 nitrogen and oxygen atoms in total. The van der Waals surface area contributed by atoms with Crippen LogP contribution in [0.4, 0.5) is 0 Å². The molecule has 0 radical (unpaired) electrons. The molecule has 1 atom stereocenters. The Labute approximate surface area is 109 Å². The number of rotatable bonds is 3. The van der Waals surface area contributed by atoms with Gasteiger partial charge in [-0.1, -0.05) is 43.7 Å². The van der Waals surface area contributed by atoms with E-state index < -0.39 is 0 Å². The van der Waals surface area contributed by atoms with Crippen LogP contribution in [0.1, 0.15) is 31.9 Å². The molecule has 1 N–H and O–H groups in total. The summed E-state index contributed by atoms with van der Waals surface area (Å²) in [7, 11) is 0. The van der Waals surface area contributed by atoms with Crippen LogP contribution in [0.3, 0.4) is 0 Å².